The highest BCUT2D eigenvalue weighted by molar-refractivity contribution is 6.84. The lowest BCUT2D eigenvalue weighted by atomic mass is 9.78. The first-order valence-electron chi connectivity index (χ1n) is 29.0. The minimum absolute atomic E-state index is 0. The van der Waals surface area contributed by atoms with E-state index in [0.717, 1.165) is 89.0 Å². The second-order valence-corrected chi connectivity index (χ2v) is 30.9. The van der Waals surface area contributed by atoms with E-state index in [-0.39, 0.29) is 50.0 Å². The molecule has 0 saturated heterocycles. The predicted octanol–water partition coefficient (Wildman–Crippen LogP) is 24.8. The molecule has 0 aromatic rings. The van der Waals surface area contributed by atoms with Crippen molar-refractivity contribution in [2.45, 2.75) is 350 Å². The van der Waals surface area contributed by atoms with E-state index in [1.807, 2.05) is 0 Å². The fourth-order valence-corrected chi connectivity index (χ4v) is 19.9. The molecule has 0 aromatic heterocycles. The summed E-state index contributed by atoms with van der Waals surface area (Å²) >= 11 is 0. The van der Waals surface area contributed by atoms with Gasteiger partial charge in [-0.05, 0) is 105 Å². The molecule has 0 amide bonds. The van der Waals surface area contributed by atoms with Gasteiger partial charge in [0.2, 0.25) is 0 Å². The lowest BCUT2D eigenvalue weighted by molar-refractivity contribution is -0.0712. The molecule has 448 valence electrons. The summed E-state index contributed by atoms with van der Waals surface area (Å²) in [6.07, 6.45) is 25.7. The van der Waals surface area contributed by atoms with E-state index in [9.17, 15) is 0 Å². The largest absolute Gasteiger partial charge is 0.455 e. The Morgan fingerprint density at radius 2 is 0.620 bits per heavy atom. The summed E-state index contributed by atoms with van der Waals surface area (Å²) in [4.78, 5) is 0. The van der Waals surface area contributed by atoms with Crippen molar-refractivity contribution in [3.05, 3.63) is 0 Å². The molecule has 0 heterocycles. The third-order valence-corrected chi connectivity index (χ3v) is 22.9. The molecule has 0 bridgehead atoms. The van der Waals surface area contributed by atoms with E-state index in [0.29, 0.717) is 10.8 Å². The molecule has 6 heteroatoms. The molecule has 0 aliphatic rings. The quantitative estimate of drug-likeness (QED) is 0.0463. The Hall–Kier alpha value is 0.274. The lowest BCUT2D eigenvalue weighted by Crippen LogP contribution is -2.46. The Morgan fingerprint density at radius 1 is 0.366 bits per heavy atom. The van der Waals surface area contributed by atoms with Crippen LogP contribution in [0, 0.1) is 39.9 Å². The van der Waals surface area contributed by atoms with Crippen LogP contribution >= 0.6 is 0 Å². The van der Waals surface area contributed by atoms with Gasteiger partial charge in [0.25, 0.3) is 0 Å². The third kappa shape index (κ3) is 56.3. The lowest BCUT2D eigenvalue weighted by Gasteiger charge is -2.37. The summed E-state index contributed by atoms with van der Waals surface area (Å²) in [5.74, 6) is 3.64. The predicted molar refractivity (Wildman–Crippen MR) is 346 cm³/mol. The van der Waals surface area contributed by atoms with E-state index >= 15 is 0 Å². The van der Waals surface area contributed by atoms with Crippen LogP contribution in [0.25, 0.3) is 0 Å². The van der Waals surface area contributed by atoms with E-state index in [4.69, 9.17) is 18.3 Å². The van der Waals surface area contributed by atoms with Gasteiger partial charge in [-0.3, -0.25) is 0 Å². The van der Waals surface area contributed by atoms with Crippen LogP contribution in [0.4, 0.5) is 0 Å². The zero-order valence-corrected chi connectivity index (χ0v) is 52.2. The van der Waals surface area contributed by atoms with Crippen molar-refractivity contribution in [3.8, 4) is 0 Å². The molecule has 2 atom stereocenters. The average molecular weight is 1060 g/mol. The minimum Gasteiger partial charge on any atom is -0.455 e. The SMILES string of the molecule is C.C.C.C.C.C.CCC(C)(CC)CC.CCC(CC)(CC)CC.CCC(CC)C[Si](C)(C)O[Si](C)(C)CC(CC)CC.CCCC(C)CC(C)CCC.CCCOCC(CC)(COCCC)COCCC. The van der Waals surface area contributed by atoms with Crippen LogP contribution in [0.1, 0.15) is 311 Å². The van der Waals surface area contributed by atoms with Gasteiger partial charge in [0, 0.05) is 25.2 Å². The Kier molecular flexibility index (Phi) is 83.4. The first-order valence-corrected chi connectivity index (χ1v) is 35.2. The summed E-state index contributed by atoms with van der Waals surface area (Å²) in [6.45, 7) is 60.0. The smallest absolute Gasteiger partial charge is 0.173 e. The Morgan fingerprint density at radius 3 is 0.775 bits per heavy atom. The average Bonchev–Trinajstić information content (AvgIpc) is 3.28. The first kappa shape index (κ1) is 96.9. The van der Waals surface area contributed by atoms with Gasteiger partial charge in [0.1, 0.15) is 0 Å². The molecule has 0 N–H and O–H groups in total. The normalized spacial score (nSPS) is 12.1. The zero-order chi connectivity index (χ0) is 51.4. The van der Waals surface area contributed by atoms with Crippen molar-refractivity contribution in [2.75, 3.05) is 39.6 Å². The van der Waals surface area contributed by atoms with Gasteiger partial charge in [-0.1, -0.05) is 279 Å². The minimum atomic E-state index is -1.47. The molecule has 71 heavy (non-hydrogen) atoms. The van der Waals surface area contributed by atoms with Crippen molar-refractivity contribution < 1.29 is 18.3 Å². The van der Waals surface area contributed by atoms with Crippen LogP contribution in [-0.2, 0) is 18.3 Å². The summed E-state index contributed by atoms with van der Waals surface area (Å²) in [7, 11) is -2.95. The molecule has 0 spiro atoms. The zero-order valence-electron chi connectivity index (χ0n) is 50.2. The maximum Gasteiger partial charge on any atom is 0.173 e. The number of hydrogen-bond donors (Lipinski definition) is 0. The molecular formula is C65H156O4Si2. The maximum atomic E-state index is 6.77. The number of rotatable bonds is 36. The maximum absolute atomic E-state index is 6.77. The van der Waals surface area contributed by atoms with Crippen LogP contribution in [0.2, 0.25) is 38.3 Å². The van der Waals surface area contributed by atoms with E-state index < -0.39 is 16.6 Å². The molecule has 0 saturated carbocycles. The number of hydrogen-bond acceptors (Lipinski definition) is 4. The van der Waals surface area contributed by atoms with Crippen molar-refractivity contribution in [1.29, 1.82) is 0 Å². The fraction of sp³-hybridized carbons (Fsp3) is 1.00. The van der Waals surface area contributed by atoms with Crippen LogP contribution in [0.15, 0.2) is 0 Å². The molecule has 2 unspecified atom stereocenters. The fourth-order valence-electron chi connectivity index (χ4n) is 9.26. The highest BCUT2D eigenvalue weighted by Gasteiger charge is 2.35. The van der Waals surface area contributed by atoms with Gasteiger partial charge in [-0.25, -0.2) is 0 Å². The molecule has 0 aliphatic heterocycles. The molecule has 0 aliphatic carbocycles. The second-order valence-electron chi connectivity index (χ2n) is 22.2. The van der Waals surface area contributed by atoms with E-state index in [2.05, 4.69) is 165 Å². The Bertz CT molecular complexity index is 838. The van der Waals surface area contributed by atoms with Crippen molar-refractivity contribution in [2.24, 2.45) is 39.9 Å². The summed E-state index contributed by atoms with van der Waals surface area (Å²) in [6, 6.07) is 2.69. The molecule has 0 fully saturated rings. The molecule has 0 rings (SSSR count). The van der Waals surface area contributed by atoms with E-state index in [1.54, 1.807) is 0 Å². The second kappa shape index (κ2) is 61.1. The standard InChI is InChI=1S/C16H38OSi2.C15H32O3.C11H24.C9H20.C8H18.6CH4/c1-9-15(10-2)13-18(5,6)17-19(7,8)14-16(11-3)12-4;1-5-9-16-12-15(8-4,13-17-10-6-2)14-18-11-7-3;1-5-7-10(3)9-11(4)8-6-2;1-5-9(6-2,7-3)8-4;1-5-8(4,6-2)7-3;;;;;;/h15-16H,9-14H2,1-8H3;5-14H2,1-4H3;10-11H,5-9H2,1-4H3;5-8H2,1-4H3;5-7H2,1-4H3;6*1H4. The van der Waals surface area contributed by atoms with Crippen LogP contribution in [0.3, 0.4) is 0 Å². The van der Waals surface area contributed by atoms with Gasteiger partial charge in [0.15, 0.2) is 16.6 Å². The van der Waals surface area contributed by atoms with Gasteiger partial charge in [-0.15, -0.1) is 0 Å². The molecule has 4 nitrogen and oxygen atoms in total. The Labute approximate surface area is 462 Å². The highest BCUT2D eigenvalue weighted by Crippen LogP contribution is 2.34. The van der Waals surface area contributed by atoms with Crippen molar-refractivity contribution >= 4 is 16.6 Å². The molecule has 0 radical (unpaired) electrons. The van der Waals surface area contributed by atoms with Crippen LogP contribution in [0.5, 0.6) is 0 Å². The van der Waals surface area contributed by atoms with Crippen molar-refractivity contribution in [1.82, 2.24) is 0 Å². The summed E-state index contributed by atoms with van der Waals surface area (Å²) < 4.78 is 24.0. The summed E-state index contributed by atoms with van der Waals surface area (Å²) in [5.41, 5.74) is 1.32. The summed E-state index contributed by atoms with van der Waals surface area (Å²) in [5, 5.41) is 0. The van der Waals surface area contributed by atoms with E-state index in [1.165, 1.54) is 115 Å². The van der Waals surface area contributed by atoms with Gasteiger partial charge < -0.3 is 18.3 Å². The topological polar surface area (TPSA) is 36.9 Å². The van der Waals surface area contributed by atoms with Gasteiger partial charge in [-0.2, -0.15) is 0 Å². The highest BCUT2D eigenvalue weighted by atomic mass is 28.4. The van der Waals surface area contributed by atoms with Gasteiger partial charge >= 0.3 is 0 Å². The third-order valence-electron chi connectivity index (χ3n) is 15.4. The van der Waals surface area contributed by atoms with Crippen LogP contribution < -0.4 is 0 Å². The molecule has 0 aromatic carbocycles. The van der Waals surface area contributed by atoms with Crippen LogP contribution in [-0.4, -0.2) is 56.3 Å². The van der Waals surface area contributed by atoms with Gasteiger partial charge in [0.05, 0.1) is 19.8 Å². The Balaban J connectivity index is -0.0000000716. The first-order chi connectivity index (χ1) is 30.6. The number of ether oxygens (including phenoxy) is 3. The van der Waals surface area contributed by atoms with Crippen molar-refractivity contribution in [3.63, 3.8) is 0 Å². The monoisotopic (exact) mass is 1060 g/mol. The molecular weight excluding hydrogens is 901 g/mol.